The first-order valence-electron chi connectivity index (χ1n) is 5.66. The molecular formula is C12H12F6N2O. The third-order valence-corrected chi connectivity index (χ3v) is 2.79. The topological polar surface area (TPSA) is 55.1 Å². The van der Waals surface area contributed by atoms with Gasteiger partial charge < -0.3 is 11.1 Å². The summed E-state index contributed by atoms with van der Waals surface area (Å²) in [6, 6.07) is 3.66. The van der Waals surface area contributed by atoms with Crippen molar-refractivity contribution in [3.63, 3.8) is 0 Å². The molecule has 1 unspecified atom stereocenters. The van der Waals surface area contributed by atoms with Crippen molar-refractivity contribution in [2.24, 2.45) is 5.73 Å². The molecular weight excluding hydrogens is 302 g/mol. The number of hydrogen-bond acceptors (Lipinski definition) is 2. The van der Waals surface area contributed by atoms with Crippen LogP contribution in [0.4, 0.5) is 26.3 Å². The Labute approximate surface area is 116 Å². The fourth-order valence-electron chi connectivity index (χ4n) is 1.31. The number of nitrogens with two attached hydrogens (primary N) is 1. The first kappa shape index (κ1) is 17.3. The van der Waals surface area contributed by atoms with Crippen molar-refractivity contribution in [2.75, 3.05) is 0 Å². The van der Waals surface area contributed by atoms with Gasteiger partial charge in [-0.05, 0) is 24.6 Å². The summed E-state index contributed by atoms with van der Waals surface area (Å²) < 4.78 is 74.4. The molecule has 0 saturated carbocycles. The average Bonchev–Trinajstić information content (AvgIpc) is 2.33. The lowest BCUT2D eigenvalue weighted by molar-refractivity contribution is -0.187. The molecule has 0 saturated heterocycles. The molecule has 3 nitrogen and oxygen atoms in total. The van der Waals surface area contributed by atoms with E-state index in [2.05, 4.69) is 0 Å². The van der Waals surface area contributed by atoms with Crippen LogP contribution in [-0.2, 0) is 17.5 Å². The van der Waals surface area contributed by atoms with Gasteiger partial charge in [0.1, 0.15) is 0 Å². The summed E-state index contributed by atoms with van der Waals surface area (Å²) >= 11 is 0. The standard InChI is InChI=1S/C12H12F6N2O/c1-10(19,12(16,17)18)9(21)20-6-7-2-4-8(5-3-7)11(13,14)15/h2-5H,6,19H2,1H3,(H,20,21). The normalized spacial score (nSPS) is 15.4. The van der Waals surface area contributed by atoms with Gasteiger partial charge in [0.2, 0.25) is 5.91 Å². The second kappa shape index (κ2) is 5.55. The Morgan fingerprint density at radius 1 is 1.10 bits per heavy atom. The first-order valence-corrected chi connectivity index (χ1v) is 5.66. The highest BCUT2D eigenvalue weighted by molar-refractivity contribution is 5.86. The van der Waals surface area contributed by atoms with E-state index in [0.717, 1.165) is 24.3 Å². The number of halogens is 6. The van der Waals surface area contributed by atoms with Gasteiger partial charge in [-0.25, -0.2) is 0 Å². The molecule has 0 aliphatic carbocycles. The molecule has 0 aromatic heterocycles. The fourth-order valence-corrected chi connectivity index (χ4v) is 1.31. The minimum Gasteiger partial charge on any atom is -0.350 e. The highest BCUT2D eigenvalue weighted by Gasteiger charge is 2.53. The number of nitrogens with one attached hydrogen (secondary N) is 1. The smallest absolute Gasteiger partial charge is 0.350 e. The molecule has 21 heavy (non-hydrogen) atoms. The monoisotopic (exact) mass is 314 g/mol. The number of amides is 1. The van der Waals surface area contributed by atoms with Crippen LogP contribution in [0.25, 0.3) is 0 Å². The molecule has 0 fully saturated rings. The number of benzene rings is 1. The maximum atomic E-state index is 12.5. The molecule has 1 rings (SSSR count). The third kappa shape index (κ3) is 4.10. The van der Waals surface area contributed by atoms with E-state index in [-0.39, 0.29) is 12.1 Å². The Morgan fingerprint density at radius 2 is 1.57 bits per heavy atom. The molecule has 0 radical (unpaired) electrons. The summed E-state index contributed by atoms with van der Waals surface area (Å²) in [5, 5.41) is 1.94. The fraction of sp³-hybridized carbons (Fsp3) is 0.417. The van der Waals surface area contributed by atoms with E-state index in [4.69, 9.17) is 5.73 Å². The summed E-state index contributed by atoms with van der Waals surface area (Å²) in [6.45, 7) is 0.148. The van der Waals surface area contributed by atoms with Crippen LogP contribution < -0.4 is 11.1 Å². The van der Waals surface area contributed by atoms with Crippen LogP contribution in [-0.4, -0.2) is 17.6 Å². The van der Waals surface area contributed by atoms with Gasteiger partial charge in [0.25, 0.3) is 0 Å². The van der Waals surface area contributed by atoms with Crippen LogP contribution in [0.5, 0.6) is 0 Å². The highest BCUT2D eigenvalue weighted by atomic mass is 19.4. The Hall–Kier alpha value is -1.77. The maximum absolute atomic E-state index is 12.5. The number of hydrogen-bond donors (Lipinski definition) is 2. The van der Waals surface area contributed by atoms with Gasteiger partial charge in [-0.15, -0.1) is 0 Å². The second-order valence-electron chi connectivity index (χ2n) is 4.58. The van der Waals surface area contributed by atoms with Gasteiger partial charge in [-0.3, -0.25) is 4.79 Å². The number of carbonyl (C=O) groups excluding carboxylic acids is 1. The lowest BCUT2D eigenvalue weighted by Gasteiger charge is -2.26. The van der Waals surface area contributed by atoms with Gasteiger partial charge in [0.05, 0.1) is 5.56 Å². The summed E-state index contributed by atoms with van der Waals surface area (Å²) in [4.78, 5) is 11.4. The zero-order chi connectivity index (χ0) is 16.5. The third-order valence-electron chi connectivity index (χ3n) is 2.79. The highest BCUT2D eigenvalue weighted by Crippen LogP contribution is 2.29. The number of alkyl halides is 6. The van der Waals surface area contributed by atoms with Crippen molar-refractivity contribution >= 4 is 5.91 Å². The molecule has 118 valence electrons. The minimum atomic E-state index is -4.93. The van der Waals surface area contributed by atoms with Gasteiger partial charge in [-0.1, -0.05) is 12.1 Å². The van der Waals surface area contributed by atoms with E-state index in [1.54, 1.807) is 0 Å². The van der Waals surface area contributed by atoms with Crippen LogP contribution in [0.1, 0.15) is 18.1 Å². The van der Waals surface area contributed by atoms with Crippen LogP contribution >= 0.6 is 0 Å². The number of rotatable bonds is 3. The second-order valence-corrected chi connectivity index (χ2v) is 4.58. The van der Waals surface area contributed by atoms with Gasteiger partial charge in [0, 0.05) is 6.54 Å². The van der Waals surface area contributed by atoms with E-state index in [0.29, 0.717) is 6.92 Å². The molecule has 0 spiro atoms. The van der Waals surface area contributed by atoms with Crippen molar-refractivity contribution in [1.82, 2.24) is 5.32 Å². The molecule has 0 aliphatic rings. The summed E-state index contributed by atoms with van der Waals surface area (Å²) in [6.07, 6.45) is -9.44. The van der Waals surface area contributed by atoms with Crippen LogP contribution in [0.2, 0.25) is 0 Å². The quantitative estimate of drug-likeness (QED) is 0.843. The van der Waals surface area contributed by atoms with Crippen molar-refractivity contribution in [3.8, 4) is 0 Å². The van der Waals surface area contributed by atoms with Gasteiger partial charge in [0.15, 0.2) is 5.54 Å². The van der Waals surface area contributed by atoms with Crippen molar-refractivity contribution < 1.29 is 31.1 Å². The predicted octanol–water partition coefficient (Wildman–Crippen LogP) is 2.60. The molecule has 0 heterocycles. The summed E-state index contributed by atoms with van der Waals surface area (Å²) in [7, 11) is 0. The van der Waals surface area contributed by atoms with E-state index < -0.39 is 29.4 Å². The lowest BCUT2D eigenvalue weighted by atomic mass is 10.0. The van der Waals surface area contributed by atoms with E-state index in [9.17, 15) is 31.1 Å². The van der Waals surface area contributed by atoms with Gasteiger partial charge in [-0.2, -0.15) is 26.3 Å². The van der Waals surface area contributed by atoms with Crippen molar-refractivity contribution in [3.05, 3.63) is 35.4 Å². The zero-order valence-electron chi connectivity index (χ0n) is 10.8. The molecule has 0 bridgehead atoms. The minimum absolute atomic E-state index is 0.217. The lowest BCUT2D eigenvalue weighted by Crippen LogP contribution is -2.61. The molecule has 9 heteroatoms. The predicted molar refractivity (Wildman–Crippen MR) is 61.9 cm³/mol. The Balaban J connectivity index is 2.70. The SMILES string of the molecule is CC(N)(C(=O)NCc1ccc(C(F)(F)F)cc1)C(F)(F)F. The molecule has 0 aliphatic heterocycles. The Kier molecular flexibility index (Phi) is 4.57. The summed E-state index contributed by atoms with van der Waals surface area (Å²) in [5.74, 6) is -1.46. The summed E-state index contributed by atoms with van der Waals surface area (Å²) in [5.41, 5.74) is 1.15. The van der Waals surface area contributed by atoms with E-state index >= 15 is 0 Å². The molecule has 3 N–H and O–H groups in total. The van der Waals surface area contributed by atoms with Crippen LogP contribution in [0, 0.1) is 0 Å². The molecule has 1 amide bonds. The maximum Gasteiger partial charge on any atom is 0.416 e. The van der Waals surface area contributed by atoms with Crippen LogP contribution in [0.15, 0.2) is 24.3 Å². The molecule has 1 atom stereocenters. The Morgan fingerprint density at radius 3 is 1.95 bits per heavy atom. The van der Waals surface area contributed by atoms with Crippen molar-refractivity contribution in [2.45, 2.75) is 31.4 Å². The van der Waals surface area contributed by atoms with E-state index in [1.807, 2.05) is 5.32 Å². The van der Waals surface area contributed by atoms with Gasteiger partial charge >= 0.3 is 12.4 Å². The largest absolute Gasteiger partial charge is 0.416 e. The average molecular weight is 314 g/mol. The zero-order valence-corrected chi connectivity index (χ0v) is 10.8. The van der Waals surface area contributed by atoms with Crippen molar-refractivity contribution in [1.29, 1.82) is 0 Å². The number of carbonyl (C=O) groups is 1. The van der Waals surface area contributed by atoms with E-state index in [1.165, 1.54) is 0 Å². The Bertz CT molecular complexity index is 504. The molecule has 1 aromatic rings. The first-order chi connectivity index (χ1) is 9.35. The van der Waals surface area contributed by atoms with Crippen LogP contribution in [0.3, 0.4) is 0 Å². The molecule has 1 aromatic carbocycles.